The second-order valence-electron chi connectivity index (χ2n) is 8.31. The quantitative estimate of drug-likeness (QED) is 0.654. The van der Waals surface area contributed by atoms with Gasteiger partial charge in [-0.25, -0.2) is 0 Å². The predicted octanol–water partition coefficient (Wildman–Crippen LogP) is 2.34. The summed E-state index contributed by atoms with van der Waals surface area (Å²) in [6, 6.07) is 11.3. The molecule has 0 radical (unpaired) electrons. The second kappa shape index (κ2) is 6.45. The number of benzene rings is 1. The van der Waals surface area contributed by atoms with Gasteiger partial charge in [0, 0.05) is 62.9 Å². The molecule has 2 aliphatic heterocycles. The van der Waals surface area contributed by atoms with Crippen molar-refractivity contribution >= 4 is 11.6 Å². The minimum atomic E-state index is 0.406. The Hall–Kier alpha value is -1.75. The summed E-state index contributed by atoms with van der Waals surface area (Å²) in [5, 5.41) is 3.87. The van der Waals surface area contributed by atoms with Crippen molar-refractivity contribution in [2.75, 3.05) is 44.7 Å². The first-order valence-corrected chi connectivity index (χ1v) is 10.2. The van der Waals surface area contributed by atoms with E-state index in [1.165, 1.54) is 31.4 Å². The van der Waals surface area contributed by atoms with Crippen LogP contribution >= 0.6 is 0 Å². The average Bonchev–Trinajstić information content (AvgIpc) is 3.07. The van der Waals surface area contributed by atoms with Crippen molar-refractivity contribution < 1.29 is 4.74 Å². The number of hydrogen-bond donors (Lipinski definition) is 1. The first-order chi connectivity index (χ1) is 12.8. The maximum absolute atomic E-state index is 6.06. The van der Waals surface area contributed by atoms with Gasteiger partial charge in [-0.05, 0) is 31.4 Å². The number of anilines is 1. The molecule has 4 fully saturated rings. The number of aliphatic imine (C=N–C) groups is 1. The maximum atomic E-state index is 6.06. The number of para-hydroxylation sites is 1. The topological polar surface area (TPSA) is 40.1 Å². The van der Waals surface area contributed by atoms with Gasteiger partial charge >= 0.3 is 0 Å². The van der Waals surface area contributed by atoms with Crippen molar-refractivity contribution in [3.05, 3.63) is 30.3 Å². The number of fused-ring (bicyclic) bond motifs is 2. The first-order valence-electron chi connectivity index (χ1n) is 10.2. The zero-order valence-electron chi connectivity index (χ0n) is 15.7. The Kier molecular flexibility index (Phi) is 4.07. The van der Waals surface area contributed by atoms with Gasteiger partial charge in [0.1, 0.15) is 0 Å². The van der Waals surface area contributed by atoms with E-state index < -0.39 is 0 Å². The largest absolute Gasteiger partial charge is 0.377 e. The molecular weight excluding hydrogens is 324 g/mol. The number of ether oxygens (including phenoxy) is 1. The zero-order valence-corrected chi connectivity index (χ0v) is 15.7. The van der Waals surface area contributed by atoms with E-state index in [0.29, 0.717) is 23.5 Å². The molecular formula is C21H30N4O. The lowest BCUT2D eigenvalue weighted by Crippen LogP contribution is -2.73. The molecule has 140 valence electrons. The van der Waals surface area contributed by atoms with Crippen LogP contribution in [-0.2, 0) is 4.74 Å². The average molecular weight is 354 g/mol. The van der Waals surface area contributed by atoms with Crippen molar-refractivity contribution in [3.8, 4) is 0 Å². The number of piperazine rings is 1. The van der Waals surface area contributed by atoms with E-state index in [2.05, 4.69) is 50.4 Å². The van der Waals surface area contributed by atoms with Gasteiger partial charge in [-0.2, -0.15) is 0 Å². The van der Waals surface area contributed by atoms with Gasteiger partial charge < -0.3 is 19.9 Å². The van der Waals surface area contributed by atoms with Gasteiger partial charge in [-0.1, -0.05) is 24.6 Å². The lowest BCUT2D eigenvalue weighted by Gasteiger charge is -2.63. The van der Waals surface area contributed by atoms with E-state index in [1.807, 2.05) is 7.05 Å². The van der Waals surface area contributed by atoms with Gasteiger partial charge in [0.2, 0.25) is 0 Å². The first kappa shape index (κ1) is 16.4. The lowest BCUT2D eigenvalue weighted by molar-refractivity contribution is -0.171. The molecule has 5 heteroatoms. The van der Waals surface area contributed by atoms with E-state index in [-0.39, 0.29) is 0 Å². The molecule has 3 unspecified atom stereocenters. The SMILES string of the molecule is CN=C(NC1C2CCOC2C12CCC2)N1CCN(c2ccccc2)CC1. The zero-order chi connectivity index (χ0) is 17.6. The Bertz CT molecular complexity index is 664. The fourth-order valence-electron chi connectivity index (χ4n) is 5.71. The smallest absolute Gasteiger partial charge is 0.194 e. The minimum absolute atomic E-state index is 0.406. The third-order valence-corrected chi connectivity index (χ3v) is 7.23. The number of nitrogens with zero attached hydrogens (tertiary/aromatic N) is 3. The van der Waals surface area contributed by atoms with Gasteiger partial charge in [0.15, 0.2) is 5.96 Å². The molecule has 2 aliphatic carbocycles. The van der Waals surface area contributed by atoms with Gasteiger partial charge in [0.05, 0.1) is 6.10 Å². The fourth-order valence-corrected chi connectivity index (χ4v) is 5.71. The van der Waals surface area contributed by atoms with Gasteiger partial charge in [-0.3, -0.25) is 4.99 Å². The van der Waals surface area contributed by atoms with Crippen LogP contribution in [0.2, 0.25) is 0 Å². The molecule has 2 heterocycles. The van der Waals surface area contributed by atoms with Crippen LogP contribution in [0.5, 0.6) is 0 Å². The van der Waals surface area contributed by atoms with Crippen LogP contribution in [0.4, 0.5) is 5.69 Å². The van der Waals surface area contributed by atoms with Crippen molar-refractivity contribution in [1.29, 1.82) is 0 Å². The summed E-state index contributed by atoms with van der Waals surface area (Å²) in [4.78, 5) is 9.55. The summed E-state index contributed by atoms with van der Waals surface area (Å²) >= 11 is 0. The molecule has 0 bridgehead atoms. The van der Waals surface area contributed by atoms with Crippen molar-refractivity contribution in [2.45, 2.75) is 37.8 Å². The normalized spacial score (nSPS) is 32.8. The van der Waals surface area contributed by atoms with Crippen LogP contribution in [0.25, 0.3) is 0 Å². The Morgan fingerprint density at radius 1 is 1.15 bits per heavy atom. The monoisotopic (exact) mass is 354 g/mol. The highest BCUT2D eigenvalue weighted by atomic mass is 16.5. The summed E-state index contributed by atoms with van der Waals surface area (Å²) in [6.07, 6.45) is 5.73. The summed E-state index contributed by atoms with van der Waals surface area (Å²) in [7, 11) is 1.93. The Labute approximate surface area is 156 Å². The fraction of sp³-hybridized carbons (Fsp3) is 0.667. The number of nitrogens with one attached hydrogen (secondary N) is 1. The van der Waals surface area contributed by atoms with Crippen LogP contribution in [0.3, 0.4) is 0 Å². The molecule has 4 aliphatic rings. The molecule has 5 rings (SSSR count). The third kappa shape index (κ3) is 2.43. The predicted molar refractivity (Wildman–Crippen MR) is 105 cm³/mol. The number of guanidine groups is 1. The molecule has 2 saturated carbocycles. The van der Waals surface area contributed by atoms with Crippen LogP contribution in [-0.4, -0.2) is 62.8 Å². The van der Waals surface area contributed by atoms with E-state index in [4.69, 9.17) is 4.74 Å². The molecule has 3 atom stereocenters. The number of hydrogen-bond acceptors (Lipinski definition) is 3. The van der Waals surface area contributed by atoms with Crippen LogP contribution in [0.1, 0.15) is 25.7 Å². The van der Waals surface area contributed by atoms with E-state index in [1.54, 1.807) is 0 Å². The van der Waals surface area contributed by atoms with Crippen LogP contribution < -0.4 is 10.2 Å². The summed E-state index contributed by atoms with van der Waals surface area (Å²) in [5.41, 5.74) is 1.73. The highest BCUT2D eigenvalue weighted by Crippen LogP contribution is 2.62. The van der Waals surface area contributed by atoms with E-state index in [9.17, 15) is 0 Å². The molecule has 1 spiro atoms. The molecule has 1 N–H and O–H groups in total. The molecule has 0 aromatic heterocycles. The highest BCUT2D eigenvalue weighted by Gasteiger charge is 2.66. The van der Waals surface area contributed by atoms with Crippen LogP contribution in [0, 0.1) is 11.3 Å². The minimum Gasteiger partial charge on any atom is -0.377 e. The molecule has 1 aromatic rings. The van der Waals surface area contributed by atoms with Crippen molar-refractivity contribution in [1.82, 2.24) is 10.2 Å². The maximum Gasteiger partial charge on any atom is 0.194 e. The number of rotatable bonds is 2. The van der Waals surface area contributed by atoms with E-state index >= 15 is 0 Å². The van der Waals surface area contributed by atoms with Crippen LogP contribution in [0.15, 0.2) is 35.3 Å². The Morgan fingerprint density at radius 2 is 1.92 bits per heavy atom. The van der Waals surface area contributed by atoms with Crippen molar-refractivity contribution in [2.24, 2.45) is 16.3 Å². The van der Waals surface area contributed by atoms with Gasteiger partial charge in [-0.15, -0.1) is 0 Å². The molecule has 1 aromatic carbocycles. The Balaban J connectivity index is 1.23. The highest BCUT2D eigenvalue weighted by molar-refractivity contribution is 5.81. The summed E-state index contributed by atoms with van der Waals surface area (Å²) in [5.74, 6) is 1.79. The summed E-state index contributed by atoms with van der Waals surface area (Å²) in [6.45, 7) is 5.10. The van der Waals surface area contributed by atoms with E-state index in [0.717, 1.165) is 38.7 Å². The molecule has 0 amide bonds. The van der Waals surface area contributed by atoms with Crippen molar-refractivity contribution in [3.63, 3.8) is 0 Å². The second-order valence-corrected chi connectivity index (χ2v) is 8.31. The molecule has 2 saturated heterocycles. The standard InChI is InChI=1S/C21H30N4O/c1-22-20(23-18-17-8-15-26-19(17)21(18)9-5-10-21)25-13-11-24(12-14-25)16-6-3-2-4-7-16/h2-4,6-7,17-19H,5,8-15H2,1H3,(H,22,23). The van der Waals surface area contributed by atoms with Gasteiger partial charge in [0.25, 0.3) is 0 Å². The third-order valence-electron chi connectivity index (χ3n) is 7.23. The molecule has 5 nitrogen and oxygen atoms in total. The molecule has 26 heavy (non-hydrogen) atoms. The Morgan fingerprint density at radius 3 is 2.58 bits per heavy atom. The lowest BCUT2D eigenvalue weighted by atomic mass is 9.46. The summed E-state index contributed by atoms with van der Waals surface area (Å²) < 4.78 is 6.06.